The molecule has 0 bridgehead atoms. The van der Waals surface area contributed by atoms with E-state index in [2.05, 4.69) is 15.2 Å². The second-order valence-corrected chi connectivity index (χ2v) is 8.38. The van der Waals surface area contributed by atoms with Crippen LogP contribution in [0.1, 0.15) is 31.0 Å². The molecule has 5 rings (SSSR count). The zero-order chi connectivity index (χ0) is 19.1. The van der Waals surface area contributed by atoms with Crippen molar-refractivity contribution >= 4 is 24.0 Å². The molecule has 0 aliphatic carbocycles. The highest BCUT2D eigenvalue weighted by molar-refractivity contribution is 6.33. The zero-order valence-corrected chi connectivity index (χ0v) is 17.7. The van der Waals surface area contributed by atoms with Crippen LogP contribution in [0.5, 0.6) is 0 Å². The Morgan fingerprint density at radius 3 is 2.83 bits per heavy atom. The molecule has 2 atom stereocenters. The molecule has 1 aromatic heterocycles. The van der Waals surface area contributed by atoms with Gasteiger partial charge in [0.1, 0.15) is 11.5 Å². The van der Waals surface area contributed by atoms with Gasteiger partial charge < -0.3 is 9.47 Å². The van der Waals surface area contributed by atoms with Crippen LogP contribution in [0.3, 0.4) is 0 Å². The summed E-state index contributed by atoms with van der Waals surface area (Å²) in [7, 11) is 0. The van der Waals surface area contributed by atoms with Crippen molar-refractivity contribution in [1.82, 2.24) is 19.9 Å². The lowest BCUT2D eigenvalue weighted by molar-refractivity contribution is -0.00504. The minimum Gasteiger partial charge on any atom is -0.381 e. The molecule has 158 valence electrons. The number of nitrogens with zero attached hydrogens (tertiary/aromatic N) is 4. The van der Waals surface area contributed by atoms with Crippen molar-refractivity contribution in [3.8, 4) is 11.3 Å². The molecule has 0 N–H and O–H groups in total. The van der Waals surface area contributed by atoms with Gasteiger partial charge in [-0.05, 0) is 49.9 Å². The molecule has 3 aliphatic heterocycles. The first-order chi connectivity index (χ1) is 13.7. The Morgan fingerprint density at radius 1 is 1.21 bits per heavy atom. The molecule has 0 saturated carbocycles. The maximum absolute atomic E-state index is 13.4. The van der Waals surface area contributed by atoms with E-state index in [9.17, 15) is 4.39 Å². The number of hydrogen-bond acceptors (Lipinski definition) is 5. The van der Waals surface area contributed by atoms with Gasteiger partial charge in [0.25, 0.3) is 0 Å². The van der Waals surface area contributed by atoms with E-state index < -0.39 is 0 Å². The lowest BCUT2D eigenvalue weighted by Crippen LogP contribution is -2.32. The van der Waals surface area contributed by atoms with Crippen LogP contribution in [0.25, 0.3) is 11.3 Å². The summed E-state index contributed by atoms with van der Waals surface area (Å²) in [5.74, 6) is 0.411. The van der Waals surface area contributed by atoms with Crippen molar-refractivity contribution in [3.05, 3.63) is 34.7 Å². The number of fused-ring (bicyclic) bond motifs is 3. The number of benzene rings is 1. The van der Waals surface area contributed by atoms with Crippen molar-refractivity contribution < 1.29 is 13.9 Å². The third-order valence-electron chi connectivity index (χ3n) is 6.23. The molecule has 2 saturated heterocycles. The number of likely N-dealkylation sites (tertiary alicyclic amines) is 1. The standard InChI is InChI=1S/C20H24ClFN4O2.ClH/c21-16-9-14(22)1-2-15(16)20-18-12-28-19-11-25(10-17(19)26(18)24-23-20)6-3-13-4-7-27-8-5-13;/h1-2,9,13,17,19H,3-8,10-12H2;1H/t17-,19-;/m1./s1. The van der Waals surface area contributed by atoms with Crippen LogP contribution < -0.4 is 0 Å². The van der Waals surface area contributed by atoms with E-state index in [-0.39, 0.29) is 30.4 Å². The van der Waals surface area contributed by atoms with E-state index in [0.29, 0.717) is 22.9 Å². The van der Waals surface area contributed by atoms with Gasteiger partial charge in [-0.1, -0.05) is 16.8 Å². The highest BCUT2D eigenvalue weighted by Gasteiger charge is 2.40. The number of hydrogen-bond donors (Lipinski definition) is 0. The molecule has 6 nitrogen and oxygen atoms in total. The second kappa shape index (κ2) is 8.86. The van der Waals surface area contributed by atoms with Gasteiger partial charge in [-0.25, -0.2) is 9.07 Å². The Kier molecular flexibility index (Phi) is 6.41. The molecule has 4 heterocycles. The molecular weight excluding hydrogens is 418 g/mol. The van der Waals surface area contributed by atoms with E-state index >= 15 is 0 Å². The highest BCUT2D eigenvalue weighted by atomic mass is 35.5. The average molecular weight is 443 g/mol. The second-order valence-electron chi connectivity index (χ2n) is 7.97. The molecule has 0 amide bonds. The fraction of sp³-hybridized carbons (Fsp3) is 0.600. The quantitative estimate of drug-likeness (QED) is 0.721. The summed E-state index contributed by atoms with van der Waals surface area (Å²) in [5, 5.41) is 9.11. The van der Waals surface area contributed by atoms with E-state index in [1.54, 1.807) is 6.07 Å². The Hall–Kier alpha value is -1.25. The van der Waals surface area contributed by atoms with E-state index in [0.717, 1.165) is 44.5 Å². The van der Waals surface area contributed by atoms with Gasteiger partial charge in [-0.2, -0.15) is 0 Å². The molecule has 0 spiro atoms. The first-order valence-corrected chi connectivity index (χ1v) is 10.4. The normalized spacial score (nSPS) is 24.8. The van der Waals surface area contributed by atoms with Crippen molar-refractivity contribution in [1.29, 1.82) is 0 Å². The number of ether oxygens (including phenoxy) is 2. The Morgan fingerprint density at radius 2 is 2.03 bits per heavy atom. The maximum Gasteiger partial charge on any atom is 0.124 e. The zero-order valence-electron chi connectivity index (χ0n) is 16.1. The summed E-state index contributed by atoms with van der Waals surface area (Å²) in [4.78, 5) is 2.48. The molecular formula is C20H25Cl2FN4O2. The minimum atomic E-state index is -0.359. The van der Waals surface area contributed by atoms with E-state index in [1.807, 2.05) is 4.68 Å². The molecule has 3 aliphatic rings. The van der Waals surface area contributed by atoms with Gasteiger partial charge >= 0.3 is 0 Å². The predicted molar refractivity (Wildman–Crippen MR) is 110 cm³/mol. The van der Waals surface area contributed by atoms with Gasteiger partial charge in [0.15, 0.2) is 0 Å². The summed E-state index contributed by atoms with van der Waals surface area (Å²) < 4.78 is 27.0. The Balaban J connectivity index is 0.00000205. The van der Waals surface area contributed by atoms with Gasteiger partial charge in [0.2, 0.25) is 0 Å². The average Bonchev–Trinajstić information content (AvgIpc) is 3.31. The van der Waals surface area contributed by atoms with Gasteiger partial charge in [-0.15, -0.1) is 17.5 Å². The molecule has 2 aromatic rings. The summed E-state index contributed by atoms with van der Waals surface area (Å²) in [6.07, 6.45) is 3.70. The van der Waals surface area contributed by atoms with Crippen molar-refractivity contribution in [2.24, 2.45) is 5.92 Å². The fourth-order valence-electron chi connectivity index (χ4n) is 4.61. The van der Waals surface area contributed by atoms with Crippen LogP contribution in [-0.2, 0) is 16.1 Å². The van der Waals surface area contributed by atoms with Crippen molar-refractivity contribution in [3.63, 3.8) is 0 Å². The van der Waals surface area contributed by atoms with Crippen LogP contribution in [0.2, 0.25) is 5.02 Å². The summed E-state index contributed by atoms with van der Waals surface area (Å²) in [6, 6.07) is 4.53. The first-order valence-electron chi connectivity index (χ1n) is 10.00. The molecule has 2 fully saturated rings. The van der Waals surface area contributed by atoms with Crippen LogP contribution in [0.4, 0.5) is 4.39 Å². The molecule has 1 aromatic carbocycles. The highest BCUT2D eigenvalue weighted by Crippen LogP contribution is 2.36. The Bertz CT molecular complexity index is 859. The number of aromatic nitrogens is 3. The lowest BCUT2D eigenvalue weighted by Gasteiger charge is -2.26. The molecule has 29 heavy (non-hydrogen) atoms. The predicted octanol–water partition coefficient (Wildman–Crippen LogP) is 3.73. The SMILES string of the molecule is Cl.Fc1ccc(-c2nnn3c2CO[C@@H]2CN(CCC4CCOCC4)C[C@H]23)c(Cl)c1. The summed E-state index contributed by atoms with van der Waals surface area (Å²) >= 11 is 6.24. The topological polar surface area (TPSA) is 52.4 Å². The van der Waals surface area contributed by atoms with Gasteiger partial charge in [0, 0.05) is 31.9 Å². The van der Waals surface area contributed by atoms with Crippen molar-refractivity contribution in [2.75, 3.05) is 32.8 Å². The monoisotopic (exact) mass is 442 g/mol. The summed E-state index contributed by atoms with van der Waals surface area (Å²) in [5.41, 5.74) is 2.30. The molecule has 0 unspecified atom stereocenters. The number of halogens is 3. The maximum atomic E-state index is 13.4. The first kappa shape index (κ1) is 21.0. The lowest BCUT2D eigenvalue weighted by atomic mass is 9.96. The summed E-state index contributed by atoms with van der Waals surface area (Å²) in [6.45, 7) is 5.18. The Labute approximate surface area is 180 Å². The van der Waals surface area contributed by atoms with Crippen molar-refractivity contribution in [2.45, 2.75) is 38.0 Å². The molecule has 0 radical (unpaired) electrons. The van der Waals surface area contributed by atoms with Gasteiger partial charge in [0.05, 0.1) is 29.5 Å². The third kappa shape index (κ3) is 4.16. The number of rotatable bonds is 4. The van der Waals surface area contributed by atoms with Crippen LogP contribution in [0.15, 0.2) is 18.2 Å². The smallest absolute Gasteiger partial charge is 0.124 e. The fourth-order valence-corrected chi connectivity index (χ4v) is 4.86. The van der Waals surface area contributed by atoms with Gasteiger partial charge in [-0.3, -0.25) is 4.90 Å². The largest absolute Gasteiger partial charge is 0.381 e. The van der Waals surface area contributed by atoms with Crippen LogP contribution in [-0.4, -0.2) is 58.8 Å². The minimum absolute atomic E-state index is 0. The van der Waals surface area contributed by atoms with Crippen LogP contribution in [0, 0.1) is 11.7 Å². The molecule has 9 heteroatoms. The van der Waals surface area contributed by atoms with Crippen LogP contribution >= 0.6 is 24.0 Å². The van der Waals surface area contributed by atoms with E-state index in [4.69, 9.17) is 21.1 Å². The van der Waals surface area contributed by atoms with E-state index in [1.165, 1.54) is 31.4 Å². The third-order valence-corrected chi connectivity index (χ3v) is 6.55.